The molecule has 0 amide bonds. The number of halogens is 1. The molecule has 2 aliphatic carbocycles. The Kier molecular flexibility index (Phi) is 5.17. The van der Waals surface area contributed by atoms with Crippen LogP contribution in [0.3, 0.4) is 0 Å². The molecule has 3 nitrogen and oxygen atoms in total. The van der Waals surface area contributed by atoms with Gasteiger partial charge in [0.2, 0.25) is 0 Å². The predicted octanol–water partition coefficient (Wildman–Crippen LogP) is 3.02. The Morgan fingerprint density at radius 1 is 1.32 bits per heavy atom. The maximum atomic E-state index is 5.74. The first-order valence-corrected chi connectivity index (χ1v) is 7.49. The van der Waals surface area contributed by atoms with Gasteiger partial charge in [0.05, 0.1) is 14.2 Å². The van der Waals surface area contributed by atoms with Crippen molar-refractivity contribution in [2.24, 2.45) is 11.8 Å². The lowest BCUT2D eigenvalue weighted by Crippen LogP contribution is -2.40. The fourth-order valence-electron chi connectivity index (χ4n) is 3.12. The number of allylic oxidation sites excluding steroid dienone is 3. The summed E-state index contributed by atoms with van der Waals surface area (Å²) >= 11 is 5.74. The second kappa shape index (κ2) is 6.67. The summed E-state index contributed by atoms with van der Waals surface area (Å²) in [6, 6.07) is 0. The smallest absolute Gasteiger partial charge is 0.156 e. The Hall–Kier alpha value is -0.670. The summed E-state index contributed by atoms with van der Waals surface area (Å²) in [7, 11) is 5.63. The van der Waals surface area contributed by atoms with Crippen LogP contribution < -0.4 is 0 Å². The van der Waals surface area contributed by atoms with Crippen molar-refractivity contribution in [3.63, 3.8) is 0 Å². The van der Waals surface area contributed by atoms with Gasteiger partial charge in [0, 0.05) is 18.8 Å². The molecule has 1 fully saturated rings. The van der Waals surface area contributed by atoms with Crippen LogP contribution in [0.15, 0.2) is 23.2 Å². The van der Waals surface area contributed by atoms with E-state index in [-0.39, 0.29) is 0 Å². The third-order valence-electron chi connectivity index (χ3n) is 4.23. The first-order valence-electron chi connectivity index (χ1n) is 6.95. The van der Waals surface area contributed by atoms with Crippen LogP contribution in [0.4, 0.5) is 0 Å². The maximum Gasteiger partial charge on any atom is 0.156 e. The molecule has 0 heterocycles. The highest BCUT2D eigenvalue weighted by Crippen LogP contribution is 2.47. The second-order valence-electron chi connectivity index (χ2n) is 5.49. The van der Waals surface area contributed by atoms with Gasteiger partial charge in [-0.1, -0.05) is 5.57 Å². The van der Waals surface area contributed by atoms with Crippen molar-refractivity contribution in [3.05, 3.63) is 23.2 Å². The van der Waals surface area contributed by atoms with Gasteiger partial charge in [0.15, 0.2) is 5.76 Å². The molecule has 19 heavy (non-hydrogen) atoms. The van der Waals surface area contributed by atoms with Crippen LogP contribution in [0, 0.1) is 11.8 Å². The Morgan fingerprint density at radius 3 is 2.74 bits per heavy atom. The van der Waals surface area contributed by atoms with E-state index < -0.39 is 0 Å². The summed E-state index contributed by atoms with van der Waals surface area (Å²) in [6.07, 6.45) is 5.41. The number of hydrogen-bond acceptors (Lipinski definition) is 3. The molecular weight excluding hydrogens is 262 g/mol. The lowest BCUT2D eigenvalue weighted by atomic mass is 9.65. The highest BCUT2D eigenvalue weighted by molar-refractivity contribution is 6.17. The van der Waals surface area contributed by atoms with Crippen LogP contribution in [0.1, 0.15) is 19.3 Å². The first-order chi connectivity index (χ1) is 9.19. The van der Waals surface area contributed by atoms with Gasteiger partial charge >= 0.3 is 0 Å². The largest absolute Gasteiger partial charge is 0.497 e. The standard InChI is InChI=1S/C15H24ClNO2/c1-17(6-4-5-16)10-12-7-11-8-14(18-2)15(19-3)9-13(11)12/h8,12-13H,4-7,9-10H2,1-3H3/t12-,13?/m1/s1. The van der Waals surface area contributed by atoms with E-state index in [2.05, 4.69) is 18.0 Å². The van der Waals surface area contributed by atoms with Crippen molar-refractivity contribution in [1.82, 2.24) is 4.90 Å². The van der Waals surface area contributed by atoms with E-state index in [1.54, 1.807) is 14.2 Å². The van der Waals surface area contributed by atoms with E-state index in [9.17, 15) is 0 Å². The average Bonchev–Trinajstić information content (AvgIpc) is 2.41. The second-order valence-corrected chi connectivity index (χ2v) is 5.87. The van der Waals surface area contributed by atoms with Crippen LogP contribution >= 0.6 is 11.6 Å². The van der Waals surface area contributed by atoms with Crippen LogP contribution in [0.2, 0.25) is 0 Å². The number of alkyl halides is 1. The zero-order valence-corrected chi connectivity index (χ0v) is 12.9. The molecule has 2 atom stereocenters. The maximum absolute atomic E-state index is 5.74. The number of ether oxygens (including phenoxy) is 2. The van der Waals surface area contributed by atoms with Crippen LogP contribution in [-0.2, 0) is 9.47 Å². The molecule has 0 aromatic heterocycles. The highest BCUT2D eigenvalue weighted by atomic mass is 35.5. The van der Waals surface area contributed by atoms with Crippen molar-refractivity contribution < 1.29 is 9.47 Å². The minimum absolute atomic E-state index is 0.646. The lowest BCUT2D eigenvalue weighted by molar-refractivity contribution is 0.142. The molecule has 108 valence electrons. The van der Waals surface area contributed by atoms with E-state index in [0.717, 1.165) is 49.2 Å². The first kappa shape index (κ1) is 14.7. The van der Waals surface area contributed by atoms with Crippen molar-refractivity contribution in [2.75, 3.05) is 40.2 Å². The van der Waals surface area contributed by atoms with Crippen molar-refractivity contribution in [2.45, 2.75) is 19.3 Å². The third kappa shape index (κ3) is 3.26. The molecule has 0 bridgehead atoms. The lowest BCUT2D eigenvalue weighted by Gasteiger charge is -2.44. The van der Waals surface area contributed by atoms with Gasteiger partial charge in [-0.25, -0.2) is 0 Å². The molecule has 0 radical (unpaired) electrons. The molecule has 0 N–H and O–H groups in total. The van der Waals surface area contributed by atoms with Crippen LogP contribution in [0.5, 0.6) is 0 Å². The summed E-state index contributed by atoms with van der Waals surface area (Å²) < 4.78 is 10.8. The zero-order valence-electron chi connectivity index (χ0n) is 12.1. The highest BCUT2D eigenvalue weighted by Gasteiger charge is 2.40. The molecule has 1 saturated carbocycles. The van der Waals surface area contributed by atoms with E-state index in [1.165, 1.54) is 12.0 Å². The quantitative estimate of drug-likeness (QED) is 0.671. The molecule has 4 heteroatoms. The number of fused-ring (bicyclic) bond motifs is 1. The summed E-state index contributed by atoms with van der Waals surface area (Å²) in [5.74, 6) is 4.03. The molecule has 2 rings (SSSR count). The predicted molar refractivity (Wildman–Crippen MR) is 78.2 cm³/mol. The third-order valence-corrected chi connectivity index (χ3v) is 4.49. The Labute approximate surface area is 121 Å². The van der Waals surface area contributed by atoms with Gasteiger partial charge in [-0.3, -0.25) is 0 Å². The Balaban J connectivity index is 1.89. The van der Waals surface area contributed by atoms with Gasteiger partial charge in [-0.2, -0.15) is 0 Å². The van der Waals surface area contributed by atoms with Gasteiger partial charge < -0.3 is 14.4 Å². The Bertz CT molecular complexity index is 378. The van der Waals surface area contributed by atoms with Gasteiger partial charge in [-0.15, -0.1) is 11.6 Å². The van der Waals surface area contributed by atoms with E-state index in [1.807, 2.05) is 0 Å². The molecule has 0 saturated heterocycles. The summed E-state index contributed by atoms with van der Waals surface area (Å²) in [5, 5.41) is 0. The zero-order chi connectivity index (χ0) is 13.8. The van der Waals surface area contributed by atoms with Crippen molar-refractivity contribution in [3.8, 4) is 0 Å². The van der Waals surface area contributed by atoms with E-state index in [4.69, 9.17) is 21.1 Å². The minimum atomic E-state index is 0.646. The van der Waals surface area contributed by atoms with E-state index >= 15 is 0 Å². The van der Waals surface area contributed by atoms with E-state index in [0.29, 0.717) is 5.92 Å². The summed E-state index contributed by atoms with van der Waals surface area (Å²) in [5.41, 5.74) is 1.52. The summed E-state index contributed by atoms with van der Waals surface area (Å²) in [6.45, 7) is 2.24. The van der Waals surface area contributed by atoms with Crippen molar-refractivity contribution >= 4 is 11.6 Å². The average molecular weight is 286 g/mol. The van der Waals surface area contributed by atoms with Gasteiger partial charge in [0.25, 0.3) is 0 Å². The number of nitrogens with zero attached hydrogens (tertiary/aromatic N) is 1. The minimum Gasteiger partial charge on any atom is -0.497 e. The van der Waals surface area contributed by atoms with Crippen molar-refractivity contribution in [1.29, 1.82) is 0 Å². The Morgan fingerprint density at radius 2 is 2.11 bits per heavy atom. The molecular formula is C15H24ClNO2. The van der Waals surface area contributed by atoms with Gasteiger partial charge in [0.1, 0.15) is 5.76 Å². The molecule has 1 unspecified atom stereocenters. The fourth-order valence-corrected chi connectivity index (χ4v) is 3.24. The molecule has 2 aliphatic rings. The normalized spacial score (nSPS) is 25.8. The monoisotopic (exact) mass is 285 g/mol. The SMILES string of the molecule is COC1=C(OC)CC2C(=C1)C[C@@H]2CN(C)CCCCl. The number of rotatable bonds is 7. The fraction of sp³-hybridized carbons (Fsp3) is 0.733. The molecule has 0 aromatic rings. The number of methoxy groups -OCH3 is 2. The number of hydrogen-bond donors (Lipinski definition) is 0. The molecule has 0 aliphatic heterocycles. The summed E-state index contributed by atoms with van der Waals surface area (Å²) in [4.78, 5) is 2.39. The van der Waals surface area contributed by atoms with Crippen LogP contribution in [-0.4, -0.2) is 45.1 Å². The van der Waals surface area contributed by atoms with Crippen LogP contribution in [0.25, 0.3) is 0 Å². The molecule has 0 spiro atoms. The topological polar surface area (TPSA) is 21.7 Å². The molecule has 0 aromatic carbocycles. The van der Waals surface area contributed by atoms with Gasteiger partial charge in [-0.05, 0) is 44.3 Å².